The summed E-state index contributed by atoms with van der Waals surface area (Å²) in [5.41, 5.74) is 3.29. The molecular weight excluding hydrogens is 464 g/mol. The van der Waals surface area contributed by atoms with Gasteiger partial charge in [0.2, 0.25) is 0 Å². The van der Waals surface area contributed by atoms with Gasteiger partial charge >= 0.3 is 0 Å². The van der Waals surface area contributed by atoms with E-state index >= 15 is 0 Å². The number of nitrogens with zero attached hydrogens (tertiary/aromatic N) is 2. The molecule has 0 aromatic heterocycles. The lowest BCUT2D eigenvalue weighted by atomic mass is 9.88. The number of halogens is 1. The molecule has 3 aliphatic rings. The van der Waals surface area contributed by atoms with Gasteiger partial charge in [-0.25, -0.2) is 0 Å². The summed E-state index contributed by atoms with van der Waals surface area (Å²) in [6.07, 6.45) is 5.39. The van der Waals surface area contributed by atoms with E-state index in [0.717, 1.165) is 74.6 Å². The molecule has 7 heteroatoms. The van der Waals surface area contributed by atoms with E-state index in [1.54, 1.807) is 14.2 Å². The van der Waals surface area contributed by atoms with Crippen LogP contribution in [0.2, 0.25) is 0 Å². The maximum Gasteiger partial charge on any atom is 0.254 e. The van der Waals surface area contributed by atoms with Crippen LogP contribution in [-0.2, 0) is 13.0 Å². The normalized spacial score (nSPS) is 23.3. The Kier molecular flexibility index (Phi) is 8.12. The molecule has 0 spiro atoms. The summed E-state index contributed by atoms with van der Waals surface area (Å²) in [7, 11) is 3.49. The molecule has 0 radical (unpaired) electrons. The molecule has 5 rings (SSSR count). The van der Waals surface area contributed by atoms with Gasteiger partial charge in [-0.3, -0.25) is 9.69 Å². The fourth-order valence-corrected chi connectivity index (χ4v) is 6.38. The SMILES string of the molecule is CCOc1cccc(C(=O)N2C3CCC2CC(CN2CCc4c(OC)ccc(OC)c4C2)C3)c1.Cl. The Hall–Kier alpha value is -2.44. The summed E-state index contributed by atoms with van der Waals surface area (Å²) in [6.45, 7) is 5.58. The first-order valence-corrected chi connectivity index (χ1v) is 12.6. The summed E-state index contributed by atoms with van der Waals surface area (Å²) >= 11 is 0. The minimum atomic E-state index is 0. The molecule has 2 aromatic rings. The van der Waals surface area contributed by atoms with Crippen molar-refractivity contribution in [1.29, 1.82) is 0 Å². The molecule has 2 unspecified atom stereocenters. The van der Waals surface area contributed by atoms with E-state index in [-0.39, 0.29) is 18.3 Å². The van der Waals surface area contributed by atoms with E-state index < -0.39 is 0 Å². The number of rotatable bonds is 7. The zero-order valence-electron chi connectivity index (χ0n) is 21.0. The van der Waals surface area contributed by atoms with Crippen LogP contribution in [0.3, 0.4) is 0 Å². The average Bonchev–Trinajstić information content (AvgIpc) is 3.13. The van der Waals surface area contributed by atoms with E-state index in [1.807, 2.05) is 43.3 Å². The van der Waals surface area contributed by atoms with Gasteiger partial charge in [-0.1, -0.05) is 6.07 Å². The van der Waals surface area contributed by atoms with Crippen molar-refractivity contribution in [3.63, 3.8) is 0 Å². The van der Waals surface area contributed by atoms with Gasteiger partial charge in [-0.15, -0.1) is 12.4 Å². The molecule has 3 heterocycles. The summed E-state index contributed by atoms with van der Waals surface area (Å²) in [4.78, 5) is 18.2. The van der Waals surface area contributed by atoms with Crippen molar-refractivity contribution in [2.45, 2.75) is 57.7 Å². The van der Waals surface area contributed by atoms with Crippen molar-refractivity contribution in [3.8, 4) is 17.2 Å². The number of carbonyl (C=O) groups excluding carboxylic acids is 1. The van der Waals surface area contributed by atoms with Crippen molar-refractivity contribution in [3.05, 3.63) is 53.1 Å². The average molecular weight is 501 g/mol. The first-order valence-electron chi connectivity index (χ1n) is 12.6. The van der Waals surface area contributed by atoms with Crippen LogP contribution in [0, 0.1) is 5.92 Å². The molecule has 2 saturated heterocycles. The Balaban J connectivity index is 0.00000289. The number of hydrogen-bond donors (Lipinski definition) is 0. The van der Waals surface area contributed by atoms with Crippen molar-refractivity contribution in [2.75, 3.05) is 33.9 Å². The third-order valence-corrected chi connectivity index (χ3v) is 7.82. The highest BCUT2D eigenvalue weighted by atomic mass is 35.5. The third-order valence-electron chi connectivity index (χ3n) is 7.82. The van der Waals surface area contributed by atoms with Gasteiger partial charge in [-0.2, -0.15) is 0 Å². The van der Waals surface area contributed by atoms with Gasteiger partial charge in [0.05, 0.1) is 20.8 Å². The standard InChI is InChI=1S/C28H36N2O4.ClH/c1-4-34-23-7-5-6-20(16-23)28(31)30-21-8-9-22(30)15-19(14-21)17-29-13-12-24-25(18-29)27(33-3)11-10-26(24)32-2;/h5-7,10-11,16,19,21-22H,4,8-9,12-15,17-18H2,1-3H3;1H. The highest BCUT2D eigenvalue weighted by molar-refractivity contribution is 5.95. The summed E-state index contributed by atoms with van der Waals surface area (Å²) < 4.78 is 16.9. The first-order chi connectivity index (χ1) is 16.6. The van der Waals surface area contributed by atoms with E-state index in [4.69, 9.17) is 14.2 Å². The monoisotopic (exact) mass is 500 g/mol. The minimum absolute atomic E-state index is 0. The van der Waals surface area contributed by atoms with E-state index in [9.17, 15) is 4.79 Å². The second-order valence-corrected chi connectivity index (χ2v) is 9.81. The van der Waals surface area contributed by atoms with Gasteiger partial charge in [0.25, 0.3) is 5.91 Å². The Morgan fingerprint density at radius 2 is 1.69 bits per heavy atom. The Morgan fingerprint density at radius 1 is 1.00 bits per heavy atom. The first kappa shape index (κ1) is 25.6. The quantitative estimate of drug-likeness (QED) is 0.537. The van der Waals surface area contributed by atoms with Gasteiger partial charge in [-0.05, 0) is 75.3 Å². The highest BCUT2D eigenvalue weighted by Gasteiger charge is 2.44. The lowest BCUT2D eigenvalue weighted by Crippen LogP contribution is -2.48. The van der Waals surface area contributed by atoms with Crippen LogP contribution in [0.1, 0.15) is 54.1 Å². The van der Waals surface area contributed by atoms with E-state index in [2.05, 4.69) is 9.80 Å². The molecule has 6 nitrogen and oxygen atoms in total. The molecule has 2 aromatic carbocycles. The van der Waals surface area contributed by atoms with Gasteiger partial charge in [0, 0.05) is 48.4 Å². The molecule has 35 heavy (non-hydrogen) atoms. The Morgan fingerprint density at radius 3 is 2.34 bits per heavy atom. The number of methoxy groups -OCH3 is 2. The zero-order valence-corrected chi connectivity index (χ0v) is 21.8. The van der Waals surface area contributed by atoms with Crippen LogP contribution < -0.4 is 14.2 Å². The molecule has 1 amide bonds. The summed E-state index contributed by atoms with van der Waals surface area (Å²) in [5.74, 6) is 3.47. The van der Waals surface area contributed by atoms with E-state index in [1.165, 1.54) is 11.1 Å². The highest BCUT2D eigenvalue weighted by Crippen LogP contribution is 2.41. The molecule has 0 saturated carbocycles. The largest absolute Gasteiger partial charge is 0.496 e. The molecule has 2 atom stereocenters. The lowest BCUT2D eigenvalue weighted by molar-refractivity contribution is 0.0473. The number of benzene rings is 2. The van der Waals surface area contributed by atoms with Gasteiger partial charge in [0.15, 0.2) is 0 Å². The Bertz CT molecular complexity index is 1030. The minimum Gasteiger partial charge on any atom is -0.496 e. The number of hydrogen-bond acceptors (Lipinski definition) is 5. The predicted octanol–water partition coefficient (Wildman–Crippen LogP) is 4.97. The summed E-state index contributed by atoms with van der Waals surface area (Å²) in [6, 6.07) is 12.4. The van der Waals surface area contributed by atoms with Gasteiger partial charge in [0.1, 0.15) is 17.2 Å². The Labute approximate surface area is 214 Å². The maximum atomic E-state index is 13.4. The van der Waals surface area contributed by atoms with Crippen LogP contribution >= 0.6 is 12.4 Å². The third kappa shape index (κ3) is 5.10. The van der Waals surface area contributed by atoms with Gasteiger partial charge < -0.3 is 19.1 Å². The van der Waals surface area contributed by atoms with Crippen molar-refractivity contribution in [2.24, 2.45) is 5.92 Å². The maximum absolute atomic E-state index is 13.4. The van der Waals surface area contributed by atoms with Crippen molar-refractivity contribution < 1.29 is 19.0 Å². The van der Waals surface area contributed by atoms with Crippen LogP contribution in [0.5, 0.6) is 17.2 Å². The molecule has 0 N–H and O–H groups in total. The number of amides is 1. The molecule has 0 aliphatic carbocycles. The second-order valence-electron chi connectivity index (χ2n) is 9.81. The zero-order chi connectivity index (χ0) is 23.7. The smallest absolute Gasteiger partial charge is 0.254 e. The molecule has 2 bridgehead atoms. The van der Waals surface area contributed by atoms with Crippen LogP contribution in [-0.4, -0.2) is 61.7 Å². The molecular formula is C28H37ClN2O4. The predicted molar refractivity (Wildman–Crippen MR) is 139 cm³/mol. The van der Waals surface area contributed by atoms with Crippen molar-refractivity contribution in [1.82, 2.24) is 9.80 Å². The topological polar surface area (TPSA) is 51.2 Å². The van der Waals surface area contributed by atoms with Crippen LogP contribution in [0.25, 0.3) is 0 Å². The lowest BCUT2D eigenvalue weighted by Gasteiger charge is -2.41. The summed E-state index contributed by atoms with van der Waals surface area (Å²) in [5, 5.41) is 0. The fraction of sp³-hybridized carbons (Fsp3) is 0.536. The molecule has 190 valence electrons. The van der Waals surface area contributed by atoms with Crippen molar-refractivity contribution >= 4 is 18.3 Å². The fourth-order valence-electron chi connectivity index (χ4n) is 6.38. The number of carbonyl (C=O) groups is 1. The number of fused-ring (bicyclic) bond motifs is 3. The molecule has 3 aliphatic heterocycles. The van der Waals surface area contributed by atoms with Crippen LogP contribution in [0.15, 0.2) is 36.4 Å². The van der Waals surface area contributed by atoms with E-state index in [0.29, 0.717) is 24.6 Å². The molecule has 2 fully saturated rings. The van der Waals surface area contributed by atoms with Crippen LogP contribution in [0.4, 0.5) is 0 Å². The number of piperidine rings is 1. The number of ether oxygens (including phenoxy) is 3. The second kappa shape index (κ2) is 11.1.